The van der Waals surface area contributed by atoms with Gasteiger partial charge in [-0.05, 0) is 17.0 Å². The highest BCUT2D eigenvalue weighted by molar-refractivity contribution is 7.85. The summed E-state index contributed by atoms with van der Waals surface area (Å²) in [7, 11) is -4.14. The molecule has 1 fully saturated rings. The maximum absolute atomic E-state index is 10.9. The van der Waals surface area contributed by atoms with Crippen LogP contribution in [0.4, 0.5) is 0 Å². The van der Waals surface area contributed by atoms with Crippen molar-refractivity contribution in [3.63, 3.8) is 0 Å². The number of hydrogen-bond donors (Lipinski definition) is 0. The van der Waals surface area contributed by atoms with E-state index in [-0.39, 0.29) is 17.7 Å². The molecule has 0 aromatic heterocycles. The van der Waals surface area contributed by atoms with Gasteiger partial charge in [-0.25, -0.2) is 8.42 Å². The zero-order chi connectivity index (χ0) is 15.6. The second kappa shape index (κ2) is 6.20. The Morgan fingerprint density at radius 2 is 1.41 bits per heavy atom. The molecule has 5 heteroatoms. The molecule has 0 bridgehead atoms. The molecule has 22 heavy (non-hydrogen) atoms. The molecule has 0 unspecified atom stereocenters. The van der Waals surface area contributed by atoms with Crippen LogP contribution in [-0.4, -0.2) is 36.7 Å². The summed E-state index contributed by atoms with van der Waals surface area (Å²) in [6.45, 7) is 1.27. The van der Waals surface area contributed by atoms with Crippen molar-refractivity contribution in [2.24, 2.45) is 5.92 Å². The fourth-order valence-electron chi connectivity index (χ4n) is 3.10. The molecule has 4 nitrogen and oxygen atoms in total. The van der Waals surface area contributed by atoms with Crippen molar-refractivity contribution in [3.05, 3.63) is 71.8 Å². The first kappa shape index (κ1) is 15.2. The number of likely N-dealkylation sites (tertiary alicyclic amines) is 1. The standard InChI is InChI=1S/C17H19NO3S/c19-22(20,21)13-14-11-18(12-14)17(15-7-3-1-4-8-15)16-9-5-2-6-10-16/h1-10,14,17H,11-13H2,(H,19,20,21)/p-1. The summed E-state index contributed by atoms with van der Waals surface area (Å²) in [5.74, 6) is -0.322. The molecule has 0 N–H and O–H groups in total. The summed E-state index contributed by atoms with van der Waals surface area (Å²) >= 11 is 0. The minimum Gasteiger partial charge on any atom is -0.748 e. The van der Waals surface area contributed by atoms with Gasteiger partial charge in [0.1, 0.15) is 0 Å². The molecule has 1 saturated heterocycles. The molecule has 1 heterocycles. The van der Waals surface area contributed by atoms with Crippen LogP contribution in [0.2, 0.25) is 0 Å². The molecular formula is C17H18NO3S-. The van der Waals surface area contributed by atoms with E-state index in [0.717, 1.165) is 0 Å². The van der Waals surface area contributed by atoms with Crippen LogP contribution >= 0.6 is 0 Å². The molecule has 1 aliphatic heterocycles. The van der Waals surface area contributed by atoms with Gasteiger partial charge in [-0.2, -0.15) is 0 Å². The predicted octanol–water partition coefficient (Wildman–Crippen LogP) is 2.25. The third kappa shape index (κ3) is 3.55. The molecule has 0 spiro atoms. The van der Waals surface area contributed by atoms with Crippen LogP contribution in [0.25, 0.3) is 0 Å². The van der Waals surface area contributed by atoms with Crippen LogP contribution in [-0.2, 0) is 10.1 Å². The summed E-state index contributed by atoms with van der Waals surface area (Å²) in [6, 6.07) is 20.4. The number of benzene rings is 2. The largest absolute Gasteiger partial charge is 0.748 e. The molecule has 0 aliphatic carbocycles. The second-order valence-corrected chi connectivity index (χ2v) is 7.22. The van der Waals surface area contributed by atoms with Crippen molar-refractivity contribution >= 4 is 10.1 Å². The van der Waals surface area contributed by atoms with E-state index >= 15 is 0 Å². The number of rotatable bonds is 5. The zero-order valence-electron chi connectivity index (χ0n) is 12.1. The Bertz CT molecular complexity index is 671. The summed E-state index contributed by atoms with van der Waals surface area (Å²) in [6.07, 6.45) is 0. The van der Waals surface area contributed by atoms with Gasteiger partial charge in [0.05, 0.1) is 16.2 Å². The van der Waals surface area contributed by atoms with Gasteiger partial charge < -0.3 is 4.55 Å². The molecule has 1 aliphatic rings. The minimum absolute atomic E-state index is 0.0579. The Hall–Kier alpha value is -1.69. The lowest BCUT2D eigenvalue weighted by Crippen LogP contribution is -2.51. The Balaban J connectivity index is 1.80. The van der Waals surface area contributed by atoms with E-state index < -0.39 is 10.1 Å². The molecule has 2 aromatic carbocycles. The fraction of sp³-hybridized carbons (Fsp3) is 0.294. The molecule has 0 amide bonds. The van der Waals surface area contributed by atoms with Crippen LogP contribution in [0.5, 0.6) is 0 Å². The van der Waals surface area contributed by atoms with E-state index in [4.69, 9.17) is 0 Å². The average Bonchev–Trinajstić information content (AvgIpc) is 2.46. The highest BCUT2D eigenvalue weighted by Crippen LogP contribution is 2.34. The third-order valence-electron chi connectivity index (χ3n) is 4.02. The topological polar surface area (TPSA) is 60.4 Å². The van der Waals surface area contributed by atoms with Crippen molar-refractivity contribution in [2.45, 2.75) is 6.04 Å². The number of nitrogens with zero attached hydrogens (tertiary/aromatic N) is 1. The van der Waals surface area contributed by atoms with E-state index in [1.807, 2.05) is 36.4 Å². The monoisotopic (exact) mass is 316 g/mol. The maximum Gasteiger partial charge on any atom is 0.0949 e. The van der Waals surface area contributed by atoms with Crippen molar-refractivity contribution in [1.82, 2.24) is 4.90 Å². The second-order valence-electron chi connectivity index (χ2n) is 5.77. The SMILES string of the molecule is O=S(=O)([O-])CC1CN(C(c2ccccc2)c2ccccc2)C1. The van der Waals surface area contributed by atoms with Crippen LogP contribution in [0.1, 0.15) is 17.2 Å². The van der Waals surface area contributed by atoms with E-state index in [1.54, 1.807) is 0 Å². The Kier molecular flexibility index (Phi) is 4.29. The normalized spacial score (nSPS) is 16.6. The Morgan fingerprint density at radius 3 is 1.82 bits per heavy atom. The van der Waals surface area contributed by atoms with Crippen LogP contribution in [0.15, 0.2) is 60.7 Å². The molecule has 0 radical (unpaired) electrons. The van der Waals surface area contributed by atoms with Gasteiger partial charge in [0.2, 0.25) is 0 Å². The molecule has 0 saturated carbocycles. The first-order valence-corrected chi connectivity index (χ1v) is 8.88. The Morgan fingerprint density at radius 1 is 0.955 bits per heavy atom. The predicted molar refractivity (Wildman–Crippen MR) is 84.4 cm³/mol. The molecule has 0 atom stereocenters. The highest BCUT2D eigenvalue weighted by Gasteiger charge is 2.34. The van der Waals surface area contributed by atoms with Gasteiger partial charge in [0.15, 0.2) is 0 Å². The van der Waals surface area contributed by atoms with E-state index in [0.29, 0.717) is 13.1 Å². The molecule has 2 aromatic rings. The van der Waals surface area contributed by atoms with Crippen molar-refractivity contribution in [3.8, 4) is 0 Å². The lowest BCUT2D eigenvalue weighted by Gasteiger charge is -2.45. The zero-order valence-corrected chi connectivity index (χ0v) is 12.9. The summed E-state index contributed by atoms with van der Waals surface area (Å²) in [5.41, 5.74) is 2.36. The van der Waals surface area contributed by atoms with Gasteiger partial charge in [-0.1, -0.05) is 60.7 Å². The van der Waals surface area contributed by atoms with E-state index in [1.165, 1.54) is 11.1 Å². The van der Waals surface area contributed by atoms with Gasteiger partial charge in [-0.15, -0.1) is 0 Å². The smallest absolute Gasteiger partial charge is 0.0949 e. The lowest BCUT2D eigenvalue weighted by molar-refractivity contribution is 0.0802. The Labute approximate surface area is 131 Å². The summed E-state index contributed by atoms with van der Waals surface area (Å²) in [4.78, 5) is 2.22. The fourth-order valence-corrected chi connectivity index (χ4v) is 3.89. The first-order valence-electron chi connectivity index (χ1n) is 7.30. The van der Waals surface area contributed by atoms with Crippen LogP contribution in [0.3, 0.4) is 0 Å². The van der Waals surface area contributed by atoms with Crippen LogP contribution < -0.4 is 0 Å². The van der Waals surface area contributed by atoms with Gasteiger partial charge in [0, 0.05) is 18.8 Å². The number of hydrogen-bond acceptors (Lipinski definition) is 4. The van der Waals surface area contributed by atoms with Crippen molar-refractivity contribution in [1.29, 1.82) is 0 Å². The average molecular weight is 316 g/mol. The van der Waals surface area contributed by atoms with Crippen molar-refractivity contribution in [2.75, 3.05) is 18.8 Å². The maximum atomic E-state index is 10.9. The molecule has 116 valence electrons. The minimum atomic E-state index is -4.14. The van der Waals surface area contributed by atoms with Gasteiger partial charge >= 0.3 is 0 Å². The lowest BCUT2D eigenvalue weighted by atomic mass is 9.91. The summed E-state index contributed by atoms with van der Waals surface area (Å²) < 4.78 is 32.6. The highest BCUT2D eigenvalue weighted by atomic mass is 32.2. The molecular weight excluding hydrogens is 298 g/mol. The third-order valence-corrected chi connectivity index (χ3v) is 4.90. The summed E-state index contributed by atoms with van der Waals surface area (Å²) in [5, 5.41) is 0. The molecule has 3 rings (SSSR count). The van der Waals surface area contributed by atoms with Gasteiger partial charge in [-0.3, -0.25) is 4.90 Å². The van der Waals surface area contributed by atoms with E-state index in [2.05, 4.69) is 29.2 Å². The van der Waals surface area contributed by atoms with E-state index in [9.17, 15) is 13.0 Å². The van der Waals surface area contributed by atoms with Crippen LogP contribution in [0, 0.1) is 5.92 Å². The van der Waals surface area contributed by atoms with Gasteiger partial charge in [0.25, 0.3) is 0 Å². The first-order chi connectivity index (χ1) is 10.5. The van der Waals surface area contributed by atoms with Crippen molar-refractivity contribution < 1.29 is 13.0 Å². The quantitative estimate of drug-likeness (QED) is 0.794.